The molecule has 0 aliphatic carbocycles. The van der Waals surface area contributed by atoms with Gasteiger partial charge in [0.05, 0.1) is 16.7 Å². The molecule has 1 amide bonds. The van der Waals surface area contributed by atoms with Crippen LogP contribution in [-0.4, -0.2) is 21.1 Å². The molecule has 0 bridgehead atoms. The first-order valence-electron chi connectivity index (χ1n) is 7.04. The predicted octanol–water partition coefficient (Wildman–Crippen LogP) is 3.94. The molecule has 0 saturated carbocycles. The molecule has 2 aromatic heterocycles. The zero-order valence-corrected chi connectivity index (χ0v) is 12.8. The molecule has 2 aromatic carbocycles. The van der Waals surface area contributed by atoms with E-state index in [1.54, 1.807) is 16.8 Å². The third-order valence-corrected chi connectivity index (χ3v) is 4.12. The highest BCUT2D eigenvalue weighted by Gasteiger charge is 2.14. The van der Waals surface area contributed by atoms with Gasteiger partial charge in [-0.1, -0.05) is 30.3 Å². The molecule has 2 heterocycles. The van der Waals surface area contributed by atoms with E-state index in [-0.39, 0.29) is 5.91 Å². The number of nitrogens with zero attached hydrogens (tertiary/aromatic N) is 2. The SMILES string of the molecule is O=C(Nc1cccc(-c2cscn2)c1)c1n[nH]c2ccccc12. The van der Waals surface area contributed by atoms with Crippen molar-refractivity contribution in [1.82, 2.24) is 15.2 Å². The van der Waals surface area contributed by atoms with Crippen LogP contribution in [0, 0.1) is 0 Å². The lowest BCUT2D eigenvalue weighted by molar-refractivity contribution is 0.102. The fourth-order valence-corrected chi connectivity index (χ4v) is 3.00. The topological polar surface area (TPSA) is 70.7 Å². The Morgan fingerprint density at radius 2 is 2.04 bits per heavy atom. The van der Waals surface area contributed by atoms with E-state index in [4.69, 9.17) is 0 Å². The maximum atomic E-state index is 12.5. The molecule has 0 unspecified atom stereocenters. The molecule has 6 heteroatoms. The van der Waals surface area contributed by atoms with Crippen molar-refractivity contribution in [2.75, 3.05) is 5.32 Å². The average Bonchev–Trinajstić information content (AvgIpc) is 3.25. The maximum Gasteiger partial charge on any atom is 0.276 e. The van der Waals surface area contributed by atoms with Crippen LogP contribution in [0.3, 0.4) is 0 Å². The first-order valence-corrected chi connectivity index (χ1v) is 7.98. The van der Waals surface area contributed by atoms with Crippen LogP contribution < -0.4 is 5.32 Å². The smallest absolute Gasteiger partial charge is 0.276 e. The van der Waals surface area contributed by atoms with Crippen molar-refractivity contribution >= 4 is 33.8 Å². The first-order chi connectivity index (χ1) is 11.3. The van der Waals surface area contributed by atoms with Crippen molar-refractivity contribution in [2.45, 2.75) is 0 Å². The summed E-state index contributed by atoms with van der Waals surface area (Å²) in [6.07, 6.45) is 0. The molecule has 0 radical (unpaired) electrons. The van der Waals surface area contributed by atoms with Gasteiger partial charge in [0.2, 0.25) is 0 Å². The number of carbonyl (C=O) groups is 1. The highest BCUT2D eigenvalue weighted by atomic mass is 32.1. The third-order valence-electron chi connectivity index (χ3n) is 3.53. The van der Waals surface area contributed by atoms with Crippen LogP contribution in [0.2, 0.25) is 0 Å². The minimum Gasteiger partial charge on any atom is -0.321 e. The summed E-state index contributed by atoms with van der Waals surface area (Å²) in [6, 6.07) is 15.2. The molecule has 0 spiro atoms. The van der Waals surface area contributed by atoms with Crippen LogP contribution in [0.15, 0.2) is 59.4 Å². The quantitative estimate of drug-likeness (QED) is 0.600. The van der Waals surface area contributed by atoms with Gasteiger partial charge in [-0.2, -0.15) is 5.10 Å². The molecular weight excluding hydrogens is 308 g/mol. The second-order valence-electron chi connectivity index (χ2n) is 5.03. The number of benzene rings is 2. The van der Waals surface area contributed by atoms with Crippen molar-refractivity contribution in [1.29, 1.82) is 0 Å². The Labute approximate surface area is 136 Å². The van der Waals surface area contributed by atoms with E-state index in [1.165, 1.54) is 0 Å². The van der Waals surface area contributed by atoms with E-state index in [1.807, 2.05) is 53.9 Å². The lowest BCUT2D eigenvalue weighted by Crippen LogP contribution is -2.12. The number of aromatic amines is 1. The molecular formula is C17H12N4OS. The number of amides is 1. The number of hydrogen-bond donors (Lipinski definition) is 2. The minimum atomic E-state index is -0.238. The Kier molecular flexibility index (Phi) is 3.36. The number of anilines is 1. The van der Waals surface area contributed by atoms with Gasteiger partial charge >= 0.3 is 0 Å². The van der Waals surface area contributed by atoms with Gasteiger partial charge < -0.3 is 5.32 Å². The molecule has 112 valence electrons. The second kappa shape index (κ2) is 5.66. The van der Waals surface area contributed by atoms with Crippen molar-refractivity contribution < 1.29 is 4.79 Å². The predicted molar refractivity (Wildman–Crippen MR) is 91.6 cm³/mol. The van der Waals surface area contributed by atoms with Crippen LogP contribution >= 0.6 is 11.3 Å². The minimum absolute atomic E-state index is 0.238. The molecule has 2 N–H and O–H groups in total. The fourth-order valence-electron chi connectivity index (χ4n) is 2.44. The van der Waals surface area contributed by atoms with E-state index in [2.05, 4.69) is 20.5 Å². The normalized spacial score (nSPS) is 10.8. The van der Waals surface area contributed by atoms with Crippen LogP contribution in [0.25, 0.3) is 22.2 Å². The fraction of sp³-hybridized carbons (Fsp3) is 0. The molecule has 23 heavy (non-hydrogen) atoms. The van der Waals surface area contributed by atoms with E-state index in [9.17, 15) is 4.79 Å². The lowest BCUT2D eigenvalue weighted by Gasteiger charge is -2.05. The van der Waals surface area contributed by atoms with Crippen molar-refractivity contribution in [3.8, 4) is 11.3 Å². The number of carbonyl (C=O) groups excluding carboxylic acids is 1. The Morgan fingerprint density at radius 1 is 1.13 bits per heavy atom. The van der Waals surface area contributed by atoms with Crippen LogP contribution in [0.1, 0.15) is 10.5 Å². The van der Waals surface area contributed by atoms with Gasteiger partial charge in [-0.25, -0.2) is 4.98 Å². The average molecular weight is 320 g/mol. The van der Waals surface area contributed by atoms with E-state index >= 15 is 0 Å². The van der Waals surface area contributed by atoms with Gasteiger partial charge in [-0.15, -0.1) is 11.3 Å². The summed E-state index contributed by atoms with van der Waals surface area (Å²) in [7, 11) is 0. The highest BCUT2D eigenvalue weighted by molar-refractivity contribution is 7.07. The Balaban J connectivity index is 1.63. The van der Waals surface area contributed by atoms with Crippen LogP contribution in [-0.2, 0) is 0 Å². The monoisotopic (exact) mass is 320 g/mol. The van der Waals surface area contributed by atoms with Crippen LogP contribution in [0.4, 0.5) is 5.69 Å². The third kappa shape index (κ3) is 2.60. The summed E-state index contributed by atoms with van der Waals surface area (Å²) < 4.78 is 0. The van der Waals surface area contributed by atoms with Gasteiger partial charge in [0.25, 0.3) is 5.91 Å². The molecule has 5 nitrogen and oxygen atoms in total. The van der Waals surface area contributed by atoms with Crippen molar-refractivity contribution in [2.24, 2.45) is 0 Å². The molecule has 0 aliphatic heterocycles. The molecule has 0 atom stereocenters. The summed E-state index contributed by atoms with van der Waals surface area (Å²) in [6.45, 7) is 0. The van der Waals surface area contributed by atoms with Gasteiger partial charge in [0.15, 0.2) is 5.69 Å². The number of hydrogen-bond acceptors (Lipinski definition) is 4. The molecule has 4 aromatic rings. The van der Waals surface area contributed by atoms with Crippen molar-refractivity contribution in [3.05, 3.63) is 65.1 Å². The number of nitrogens with one attached hydrogen (secondary N) is 2. The molecule has 0 saturated heterocycles. The molecule has 4 rings (SSSR count). The number of para-hydroxylation sites is 1. The zero-order chi connectivity index (χ0) is 15.6. The second-order valence-corrected chi connectivity index (χ2v) is 5.75. The summed E-state index contributed by atoms with van der Waals surface area (Å²) in [5, 5.41) is 12.7. The summed E-state index contributed by atoms with van der Waals surface area (Å²) in [5.41, 5.74) is 5.60. The summed E-state index contributed by atoms with van der Waals surface area (Å²) in [5.74, 6) is -0.238. The Morgan fingerprint density at radius 3 is 2.91 bits per heavy atom. The number of rotatable bonds is 3. The number of thiazole rings is 1. The van der Waals surface area contributed by atoms with E-state index in [0.717, 1.165) is 22.2 Å². The Hall–Kier alpha value is -2.99. The summed E-state index contributed by atoms with van der Waals surface area (Å²) in [4.78, 5) is 16.8. The Bertz CT molecular complexity index is 975. The molecule has 0 aliphatic rings. The number of H-pyrrole nitrogens is 1. The van der Waals surface area contributed by atoms with Gasteiger partial charge in [-0.3, -0.25) is 9.89 Å². The van der Waals surface area contributed by atoms with Crippen LogP contribution in [0.5, 0.6) is 0 Å². The zero-order valence-electron chi connectivity index (χ0n) is 12.0. The maximum absolute atomic E-state index is 12.5. The van der Waals surface area contributed by atoms with Gasteiger partial charge in [0.1, 0.15) is 0 Å². The van der Waals surface area contributed by atoms with Gasteiger partial charge in [-0.05, 0) is 18.2 Å². The van der Waals surface area contributed by atoms with E-state index in [0.29, 0.717) is 11.4 Å². The van der Waals surface area contributed by atoms with E-state index < -0.39 is 0 Å². The first kappa shape index (κ1) is 13.7. The number of fused-ring (bicyclic) bond motifs is 1. The summed E-state index contributed by atoms with van der Waals surface area (Å²) >= 11 is 1.54. The largest absolute Gasteiger partial charge is 0.321 e. The molecule has 0 fully saturated rings. The highest BCUT2D eigenvalue weighted by Crippen LogP contribution is 2.23. The standard InChI is InChI=1S/C17H12N4OS/c22-17(16-13-6-1-2-7-14(13)20-21-16)19-12-5-3-4-11(8-12)15-9-23-10-18-15/h1-10H,(H,19,22)(H,20,21). The lowest BCUT2D eigenvalue weighted by atomic mass is 10.1. The number of aromatic nitrogens is 3. The van der Waals surface area contributed by atoms with Crippen molar-refractivity contribution in [3.63, 3.8) is 0 Å². The van der Waals surface area contributed by atoms with Gasteiger partial charge in [0, 0.05) is 22.0 Å².